The van der Waals surface area contributed by atoms with Crippen molar-refractivity contribution in [2.75, 3.05) is 21.3 Å². The van der Waals surface area contributed by atoms with Crippen molar-refractivity contribution in [3.8, 4) is 23.0 Å². The summed E-state index contributed by atoms with van der Waals surface area (Å²) in [5.41, 5.74) is 1.58. The summed E-state index contributed by atoms with van der Waals surface area (Å²) in [6.45, 7) is 0. The van der Waals surface area contributed by atoms with E-state index in [1.165, 1.54) is 0 Å². The molecule has 1 aliphatic heterocycles. The lowest BCUT2D eigenvalue weighted by atomic mass is 9.95. The van der Waals surface area contributed by atoms with Gasteiger partial charge in [0, 0.05) is 17.5 Å². The number of Topliss-reactive ketones (excluding diaryl/α,β-unsaturated/α-hetero) is 1. The van der Waals surface area contributed by atoms with E-state index in [1.807, 2.05) is 24.3 Å². The normalized spacial score (nSPS) is 16.3. The van der Waals surface area contributed by atoms with Gasteiger partial charge in [-0.2, -0.15) is 0 Å². The zero-order valence-electron chi connectivity index (χ0n) is 13.3. The molecule has 0 aliphatic carbocycles. The Kier molecular flexibility index (Phi) is 4.10. The van der Waals surface area contributed by atoms with Crippen LogP contribution in [-0.4, -0.2) is 27.1 Å². The third kappa shape index (κ3) is 2.70. The van der Waals surface area contributed by atoms with Crippen molar-refractivity contribution in [3.05, 3.63) is 47.5 Å². The van der Waals surface area contributed by atoms with Gasteiger partial charge in [0.25, 0.3) is 0 Å². The molecule has 2 aromatic rings. The fourth-order valence-corrected chi connectivity index (χ4v) is 2.74. The van der Waals surface area contributed by atoms with Gasteiger partial charge in [-0.1, -0.05) is 18.2 Å². The first-order valence-corrected chi connectivity index (χ1v) is 7.25. The number of ether oxygens (including phenoxy) is 4. The first kappa shape index (κ1) is 15.2. The smallest absolute Gasteiger partial charge is 0.203 e. The average Bonchev–Trinajstić information content (AvgIpc) is 2.59. The number of para-hydroxylation sites is 1. The van der Waals surface area contributed by atoms with Crippen LogP contribution >= 0.6 is 0 Å². The Hall–Kier alpha value is -2.69. The van der Waals surface area contributed by atoms with Crippen molar-refractivity contribution in [3.63, 3.8) is 0 Å². The van der Waals surface area contributed by atoms with E-state index in [1.54, 1.807) is 33.5 Å². The highest BCUT2D eigenvalue weighted by Gasteiger charge is 2.30. The third-order valence-corrected chi connectivity index (χ3v) is 3.86. The van der Waals surface area contributed by atoms with Gasteiger partial charge in [0.1, 0.15) is 5.75 Å². The molecule has 0 aromatic heterocycles. The number of rotatable bonds is 4. The van der Waals surface area contributed by atoms with Gasteiger partial charge in [-0.15, -0.1) is 0 Å². The van der Waals surface area contributed by atoms with E-state index in [4.69, 9.17) is 18.9 Å². The first-order chi connectivity index (χ1) is 11.2. The third-order valence-electron chi connectivity index (χ3n) is 3.86. The minimum atomic E-state index is -0.682. The van der Waals surface area contributed by atoms with Crippen LogP contribution in [0, 0.1) is 0 Å². The second-order valence-electron chi connectivity index (χ2n) is 5.21. The molecule has 1 heterocycles. The van der Waals surface area contributed by atoms with E-state index in [0.29, 0.717) is 29.2 Å². The summed E-state index contributed by atoms with van der Waals surface area (Å²) in [6, 6.07) is 11.1. The Balaban J connectivity index is 2.03. The molecule has 5 nitrogen and oxygen atoms in total. The van der Waals surface area contributed by atoms with Crippen LogP contribution in [0.15, 0.2) is 36.4 Å². The van der Waals surface area contributed by atoms with Crippen LogP contribution in [0.4, 0.5) is 0 Å². The van der Waals surface area contributed by atoms with Gasteiger partial charge in [0.2, 0.25) is 5.75 Å². The highest BCUT2D eigenvalue weighted by Crippen LogP contribution is 2.42. The maximum Gasteiger partial charge on any atom is 0.203 e. The van der Waals surface area contributed by atoms with Gasteiger partial charge in [0.15, 0.2) is 23.4 Å². The summed E-state index contributed by atoms with van der Waals surface area (Å²) in [6.07, 6.45) is -0.337. The number of hydrogen-bond acceptors (Lipinski definition) is 5. The molecule has 120 valence electrons. The Labute approximate surface area is 134 Å². The summed E-state index contributed by atoms with van der Waals surface area (Å²) in [5.74, 6) is 2.21. The summed E-state index contributed by atoms with van der Waals surface area (Å²) in [7, 11) is 4.62. The fourth-order valence-electron chi connectivity index (χ4n) is 2.74. The van der Waals surface area contributed by atoms with Crippen LogP contribution in [0.25, 0.3) is 0 Å². The van der Waals surface area contributed by atoms with Gasteiger partial charge >= 0.3 is 0 Å². The molecule has 0 spiro atoms. The van der Waals surface area contributed by atoms with Crippen molar-refractivity contribution in [1.82, 2.24) is 0 Å². The van der Waals surface area contributed by atoms with Crippen LogP contribution < -0.4 is 18.9 Å². The molecule has 1 atom stereocenters. The van der Waals surface area contributed by atoms with Crippen LogP contribution in [0.2, 0.25) is 0 Å². The van der Waals surface area contributed by atoms with Crippen LogP contribution in [0.1, 0.15) is 17.2 Å². The lowest BCUT2D eigenvalue weighted by Crippen LogP contribution is -2.25. The van der Waals surface area contributed by atoms with Crippen LogP contribution in [0.5, 0.6) is 23.0 Å². The predicted octanol–water partition coefficient (Wildman–Crippen LogP) is 2.96. The monoisotopic (exact) mass is 314 g/mol. The van der Waals surface area contributed by atoms with Crippen LogP contribution in [-0.2, 0) is 11.2 Å². The second-order valence-corrected chi connectivity index (χ2v) is 5.21. The number of carbonyl (C=O) groups excluding carboxylic acids is 1. The SMILES string of the molecule is COc1cc(C2Oc3ccccc3CC2=O)cc(OC)c1OC. The largest absolute Gasteiger partial charge is 0.493 e. The highest BCUT2D eigenvalue weighted by molar-refractivity contribution is 5.89. The van der Waals surface area contributed by atoms with Gasteiger partial charge in [-0.25, -0.2) is 0 Å². The Bertz CT molecular complexity index is 713. The first-order valence-electron chi connectivity index (χ1n) is 7.25. The number of methoxy groups -OCH3 is 3. The number of fused-ring (bicyclic) bond motifs is 1. The quantitative estimate of drug-likeness (QED) is 0.868. The molecule has 0 amide bonds. The summed E-state index contributed by atoms with van der Waals surface area (Å²) in [5, 5.41) is 0. The molecule has 5 heteroatoms. The Morgan fingerprint density at radius 3 is 2.26 bits per heavy atom. The van der Waals surface area contributed by atoms with Crippen molar-refractivity contribution >= 4 is 5.78 Å². The summed E-state index contributed by atoms with van der Waals surface area (Å²) in [4.78, 5) is 12.5. The van der Waals surface area contributed by atoms with E-state index < -0.39 is 6.10 Å². The molecular weight excluding hydrogens is 296 g/mol. The van der Waals surface area contributed by atoms with Gasteiger partial charge in [-0.05, 0) is 18.2 Å². The fraction of sp³-hybridized carbons (Fsp3) is 0.278. The molecule has 2 aromatic carbocycles. The zero-order chi connectivity index (χ0) is 16.4. The topological polar surface area (TPSA) is 54.0 Å². The Morgan fingerprint density at radius 1 is 1.00 bits per heavy atom. The minimum Gasteiger partial charge on any atom is -0.493 e. The second kappa shape index (κ2) is 6.20. The van der Waals surface area contributed by atoms with Crippen LogP contribution in [0.3, 0.4) is 0 Å². The lowest BCUT2D eigenvalue weighted by Gasteiger charge is -2.26. The standard InChI is InChI=1S/C18H18O5/c1-20-15-9-12(10-16(21-2)18(15)22-3)17-13(19)8-11-6-4-5-7-14(11)23-17/h4-7,9-10,17H,8H2,1-3H3. The van der Waals surface area contributed by atoms with Crippen molar-refractivity contribution in [1.29, 1.82) is 0 Å². The molecule has 0 bridgehead atoms. The van der Waals surface area contributed by atoms with Crippen molar-refractivity contribution in [2.45, 2.75) is 12.5 Å². The summed E-state index contributed by atoms with van der Waals surface area (Å²) >= 11 is 0. The van der Waals surface area contributed by atoms with Gasteiger partial charge in [0.05, 0.1) is 21.3 Å². The van der Waals surface area contributed by atoms with E-state index in [9.17, 15) is 4.79 Å². The molecule has 1 aliphatic rings. The molecule has 0 radical (unpaired) electrons. The number of hydrogen-bond donors (Lipinski definition) is 0. The number of ketones is 1. The lowest BCUT2D eigenvalue weighted by molar-refractivity contribution is -0.126. The molecule has 23 heavy (non-hydrogen) atoms. The Morgan fingerprint density at radius 2 is 1.65 bits per heavy atom. The highest BCUT2D eigenvalue weighted by atomic mass is 16.5. The van der Waals surface area contributed by atoms with Gasteiger partial charge in [-0.3, -0.25) is 4.79 Å². The maximum atomic E-state index is 12.5. The van der Waals surface area contributed by atoms with E-state index in [0.717, 1.165) is 11.3 Å². The molecule has 0 saturated heterocycles. The molecule has 0 N–H and O–H groups in total. The molecule has 1 unspecified atom stereocenters. The van der Waals surface area contributed by atoms with Gasteiger partial charge < -0.3 is 18.9 Å². The molecule has 0 fully saturated rings. The maximum absolute atomic E-state index is 12.5. The van der Waals surface area contributed by atoms with E-state index >= 15 is 0 Å². The molecule has 3 rings (SSSR count). The van der Waals surface area contributed by atoms with E-state index in [2.05, 4.69) is 0 Å². The number of benzene rings is 2. The predicted molar refractivity (Wildman–Crippen MR) is 84.6 cm³/mol. The minimum absolute atomic E-state index is 0.00188. The molecular formula is C18H18O5. The molecule has 0 saturated carbocycles. The van der Waals surface area contributed by atoms with Crippen molar-refractivity contribution < 1.29 is 23.7 Å². The van der Waals surface area contributed by atoms with E-state index in [-0.39, 0.29) is 5.78 Å². The average molecular weight is 314 g/mol. The zero-order valence-corrected chi connectivity index (χ0v) is 13.3. The van der Waals surface area contributed by atoms with Crippen molar-refractivity contribution in [2.24, 2.45) is 0 Å². The number of carbonyl (C=O) groups is 1. The summed E-state index contributed by atoms with van der Waals surface area (Å²) < 4.78 is 21.9.